The van der Waals surface area contributed by atoms with Gasteiger partial charge < -0.3 is 0 Å². The quantitative estimate of drug-likeness (QED) is 0.447. The van der Waals surface area contributed by atoms with Crippen LogP contribution in [0.4, 0.5) is 4.39 Å². The predicted octanol–water partition coefficient (Wildman–Crippen LogP) is 2.43. The molecule has 9 heavy (non-hydrogen) atoms. The maximum atomic E-state index is 12.7. The number of nitrogens with zero attached hydrogens (tertiary/aromatic N) is 2. The lowest BCUT2D eigenvalue weighted by Crippen LogP contribution is -2.16. The Balaban J connectivity index is 2.69. The molecule has 0 N–H and O–H groups in total. The van der Waals surface area contributed by atoms with Crippen molar-refractivity contribution in [2.45, 2.75) is 25.6 Å². The molecule has 0 amide bonds. The van der Waals surface area contributed by atoms with Crippen LogP contribution in [0.5, 0.6) is 0 Å². The van der Waals surface area contributed by atoms with Gasteiger partial charge in [0.05, 0.1) is 5.70 Å². The molecule has 1 heterocycles. The fraction of sp³-hybridized carbons (Fsp3) is 0.667. The Morgan fingerprint density at radius 3 is 2.78 bits per heavy atom. The van der Waals surface area contributed by atoms with Crippen LogP contribution in [0.25, 0.3) is 0 Å². The summed E-state index contributed by atoms with van der Waals surface area (Å²) in [6.45, 7) is 4.97. The largest absolute Gasteiger partial charge is 0.217 e. The second kappa shape index (κ2) is 1.90. The van der Waals surface area contributed by atoms with Crippen molar-refractivity contribution < 1.29 is 4.39 Å². The van der Waals surface area contributed by atoms with Gasteiger partial charge in [-0.3, -0.25) is 0 Å². The van der Waals surface area contributed by atoms with Crippen LogP contribution in [-0.2, 0) is 0 Å². The van der Waals surface area contributed by atoms with Crippen LogP contribution in [0, 0.1) is 0 Å². The first-order valence-electron chi connectivity index (χ1n) is 2.90. The van der Waals surface area contributed by atoms with Crippen LogP contribution in [0.2, 0.25) is 0 Å². The molecule has 1 rings (SSSR count). The number of hydrogen-bond donors (Lipinski definition) is 0. The summed E-state index contributed by atoms with van der Waals surface area (Å²) in [6.07, 6.45) is 1.03. The first kappa shape index (κ1) is 6.39. The highest BCUT2D eigenvalue weighted by atomic mass is 19.1. The third kappa shape index (κ3) is 1.59. The molecule has 1 aliphatic rings. The van der Waals surface area contributed by atoms with Crippen LogP contribution in [0.1, 0.15) is 19.8 Å². The Labute approximate surface area is 53.5 Å². The Kier molecular flexibility index (Phi) is 1.35. The van der Waals surface area contributed by atoms with Gasteiger partial charge in [-0.1, -0.05) is 6.58 Å². The lowest BCUT2D eigenvalue weighted by molar-refractivity contribution is 0.166. The van der Waals surface area contributed by atoms with Crippen LogP contribution >= 0.6 is 0 Å². The van der Waals surface area contributed by atoms with Gasteiger partial charge in [-0.05, 0) is 13.3 Å². The van der Waals surface area contributed by atoms with E-state index in [0.717, 1.165) is 0 Å². The number of hydrogen-bond acceptors (Lipinski definition) is 2. The van der Waals surface area contributed by atoms with Crippen molar-refractivity contribution in [3.8, 4) is 0 Å². The fourth-order valence-corrected chi connectivity index (χ4v) is 0.647. The molecule has 1 aliphatic heterocycles. The zero-order chi connectivity index (χ0) is 6.91. The summed E-state index contributed by atoms with van der Waals surface area (Å²) >= 11 is 0. The molecule has 0 aromatic carbocycles. The molecule has 0 aliphatic carbocycles. The lowest BCUT2D eigenvalue weighted by atomic mass is 10.1. The van der Waals surface area contributed by atoms with Gasteiger partial charge >= 0.3 is 0 Å². The lowest BCUT2D eigenvalue weighted by Gasteiger charge is -2.17. The monoisotopic (exact) mass is 128 g/mol. The van der Waals surface area contributed by atoms with E-state index in [2.05, 4.69) is 16.8 Å². The van der Waals surface area contributed by atoms with E-state index in [1.165, 1.54) is 6.92 Å². The summed E-state index contributed by atoms with van der Waals surface area (Å²) in [5.41, 5.74) is 0.671. The molecule has 0 radical (unpaired) electrons. The molecule has 0 saturated heterocycles. The normalized spacial score (nSPS) is 35.1. The minimum atomic E-state index is -1.44. The predicted molar refractivity (Wildman–Crippen MR) is 32.7 cm³/mol. The SMILES string of the molecule is C=C1CCC(C)(F)N=N1. The van der Waals surface area contributed by atoms with Gasteiger partial charge in [-0.25, -0.2) is 4.39 Å². The Hall–Kier alpha value is -0.730. The highest BCUT2D eigenvalue weighted by Gasteiger charge is 2.25. The van der Waals surface area contributed by atoms with Gasteiger partial charge in [0.2, 0.25) is 5.79 Å². The molecular formula is C6H9FN2. The molecular weight excluding hydrogens is 119 g/mol. The molecule has 2 nitrogen and oxygen atoms in total. The average molecular weight is 128 g/mol. The summed E-state index contributed by atoms with van der Waals surface area (Å²) in [5, 5.41) is 6.94. The van der Waals surface area contributed by atoms with E-state index in [0.29, 0.717) is 18.5 Å². The standard InChI is InChI=1S/C6H9FN2/c1-5-3-4-6(2,7)9-8-5/h1,3-4H2,2H3. The second-order valence-electron chi connectivity index (χ2n) is 2.41. The van der Waals surface area contributed by atoms with Gasteiger partial charge in [-0.2, -0.15) is 5.11 Å². The molecule has 50 valence electrons. The van der Waals surface area contributed by atoms with Crippen molar-refractivity contribution in [3.63, 3.8) is 0 Å². The van der Waals surface area contributed by atoms with E-state index < -0.39 is 5.79 Å². The van der Waals surface area contributed by atoms with Gasteiger partial charge in [0, 0.05) is 6.42 Å². The fourth-order valence-electron chi connectivity index (χ4n) is 0.647. The molecule has 0 bridgehead atoms. The molecule has 0 spiro atoms. The van der Waals surface area contributed by atoms with Gasteiger partial charge in [-0.15, -0.1) is 5.11 Å². The Morgan fingerprint density at radius 2 is 2.44 bits per heavy atom. The van der Waals surface area contributed by atoms with Crippen molar-refractivity contribution in [3.05, 3.63) is 12.3 Å². The van der Waals surface area contributed by atoms with Gasteiger partial charge in [0.1, 0.15) is 0 Å². The van der Waals surface area contributed by atoms with Crippen molar-refractivity contribution >= 4 is 0 Å². The van der Waals surface area contributed by atoms with E-state index in [1.54, 1.807) is 0 Å². The van der Waals surface area contributed by atoms with Crippen LogP contribution in [0.15, 0.2) is 22.5 Å². The van der Waals surface area contributed by atoms with Crippen LogP contribution < -0.4 is 0 Å². The van der Waals surface area contributed by atoms with E-state index in [4.69, 9.17) is 0 Å². The molecule has 0 aromatic rings. The number of halogens is 1. The van der Waals surface area contributed by atoms with Crippen LogP contribution in [-0.4, -0.2) is 5.79 Å². The molecule has 0 saturated carbocycles. The summed E-state index contributed by atoms with van der Waals surface area (Å²) in [4.78, 5) is 0. The summed E-state index contributed by atoms with van der Waals surface area (Å²) in [7, 11) is 0. The minimum Gasteiger partial charge on any atom is -0.216 e. The molecule has 1 atom stereocenters. The van der Waals surface area contributed by atoms with Gasteiger partial charge in [0.15, 0.2) is 0 Å². The van der Waals surface area contributed by atoms with Crippen LogP contribution in [0.3, 0.4) is 0 Å². The zero-order valence-corrected chi connectivity index (χ0v) is 5.39. The summed E-state index contributed by atoms with van der Waals surface area (Å²) < 4.78 is 12.7. The van der Waals surface area contributed by atoms with Crippen molar-refractivity contribution in [2.24, 2.45) is 10.2 Å². The number of alkyl halides is 1. The first-order valence-corrected chi connectivity index (χ1v) is 2.90. The first-order chi connectivity index (χ1) is 4.10. The second-order valence-corrected chi connectivity index (χ2v) is 2.41. The van der Waals surface area contributed by atoms with Gasteiger partial charge in [0.25, 0.3) is 0 Å². The average Bonchev–Trinajstić information content (AvgIpc) is 1.78. The van der Waals surface area contributed by atoms with E-state index in [1.807, 2.05) is 0 Å². The Morgan fingerprint density at radius 1 is 1.78 bits per heavy atom. The van der Waals surface area contributed by atoms with E-state index in [9.17, 15) is 4.39 Å². The maximum absolute atomic E-state index is 12.7. The topological polar surface area (TPSA) is 24.7 Å². The van der Waals surface area contributed by atoms with Crippen molar-refractivity contribution in [2.75, 3.05) is 0 Å². The van der Waals surface area contributed by atoms with Crippen molar-refractivity contribution in [1.82, 2.24) is 0 Å². The molecule has 1 unspecified atom stereocenters. The smallest absolute Gasteiger partial charge is 0.216 e. The summed E-state index contributed by atoms with van der Waals surface area (Å²) in [6, 6.07) is 0. The zero-order valence-electron chi connectivity index (χ0n) is 5.39. The third-order valence-corrected chi connectivity index (χ3v) is 1.27. The van der Waals surface area contributed by atoms with E-state index >= 15 is 0 Å². The number of rotatable bonds is 0. The minimum absolute atomic E-state index is 0.412. The van der Waals surface area contributed by atoms with Crippen molar-refractivity contribution in [1.29, 1.82) is 0 Å². The molecule has 0 aromatic heterocycles. The molecule has 3 heteroatoms. The summed E-state index contributed by atoms with van der Waals surface area (Å²) in [5.74, 6) is -1.44. The Bertz CT molecular complexity index is 160. The third-order valence-electron chi connectivity index (χ3n) is 1.27. The highest BCUT2D eigenvalue weighted by molar-refractivity contribution is 4.95. The van der Waals surface area contributed by atoms with E-state index in [-0.39, 0.29) is 0 Å². The number of allylic oxidation sites excluding steroid dienone is 1. The maximum Gasteiger partial charge on any atom is 0.217 e. The highest BCUT2D eigenvalue weighted by Crippen LogP contribution is 2.27. The molecule has 0 fully saturated rings. The number of azo groups is 1.